The topological polar surface area (TPSA) is 49.2 Å². The lowest BCUT2D eigenvalue weighted by atomic mass is 9.97. The predicted octanol–water partition coefficient (Wildman–Crippen LogP) is 3.37. The van der Waals surface area contributed by atoms with Gasteiger partial charge in [0.2, 0.25) is 11.4 Å². The maximum absolute atomic E-state index is 12.5. The maximum Gasteiger partial charge on any atom is 0.248 e. The van der Waals surface area contributed by atoms with E-state index < -0.39 is 19.3 Å². The van der Waals surface area contributed by atoms with Gasteiger partial charge in [0.15, 0.2) is 0 Å². The molecule has 0 saturated carbocycles. The predicted molar refractivity (Wildman–Crippen MR) is 97.8 cm³/mol. The van der Waals surface area contributed by atoms with Gasteiger partial charge in [-0.3, -0.25) is 0 Å². The Labute approximate surface area is 140 Å². The summed E-state index contributed by atoms with van der Waals surface area (Å²) in [5.74, 6) is 0. The minimum absolute atomic E-state index is 0.492. The molecule has 4 nitrogen and oxygen atoms in total. The van der Waals surface area contributed by atoms with Crippen LogP contribution >= 0.6 is 0 Å². The monoisotopic (exact) mass is 331 g/mol. The van der Waals surface area contributed by atoms with Crippen LogP contribution < -0.4 is 5.19 Å². The van der Waals surface area contributed by atoms with E-state index in [2.05, 4.69) is 43.9 Å². The molecule has 0 bridgehead atoms. The SMILES string of the molecule is CC1(C)C(/C=C/c2ccc([Si](C)(C)C)cc2)=[N+]([O-])C(C)(C)N1[O]. The minimum Gasteiger partial charge on any atom is -0.622 e. The van der Waals surface area contributed by atoms with Crippen LogP contribution in [0.4, 0.5) is 0 Å². The van der Waals surface area contributed by atoms with Crippen molar-refractivity contribution in [3.63, 3.8) is 0 Å². The molecule has 5 heteroatoms. The molecule has 125 valence electrons. The Bertz CT molecular complexity index is 653. The summed E-state index contributed by atoms with van der Waals surface area (Å²) in [4.78, 5) is 0. The van der Waals surface area contributed by atoms with Crippen molar-refractivity contribution in [2.24, 2.45) is 0 Å². The quantitative estimate of drug-likeness (QED) is 0.484. The molecule has 2 rings (SSSR count). The molecule has 0 N–H and O–H groups in total. The molecule has 0 fully saturated rings. The van der Waals surface area contributed by atoms with E-state index in [0.717, 1.165) is 15.4 Å². The van der Waals surface area contributed by atoms with E-state index >= 15 is 0 Å². The van der Waals surface area contributed by atoms with E-state index in [0.29, 0.717) is 5.71 Å². The molecule has 1 radical (unpaired) electrons. The van der Waals surface area contributed by atoms with Crippen molar-refractivity contribution in [3.05, 3.63) is 41.1 Å². The highest BCUT2D eigenvalue weighted by Gasteiger charge is 2.56. The maximum atomic E-state index is 12.5. The van der Waals surface area contributed by atoms with Crippen molar-refractivity contribution in [3.8, 4) is 0 Å². The normalized spacial score (nSPS) is 21.4. The van der Waals surface area contributed by atoms with E-state index in [-0.39, 0.29) is 0 Å². The summed E-state index contributed by atoms with van der Waals surface area (Å²) >= 11 is 0. The molecule has 0 aromatic heterocycles. The summed E-state index contributed by atoms with van der Waals surface area (Å²) in [6.07, 6.45) is 3.68. The van der Waals surface area contributed by atoms with Crippen LogP contribution in [0, 0.1) is 5.21 Å². The number of benzene rings is 1. The Morgan fingerprint density at radius 3 is 1.96 bits per heavy atom. The van der Waals surface area contributed by atoms with Crippen molar-refractivity contribution < 1.29 is 9.95 Å². The molecule has 23 heavy (non-hydrogen) atoms. The molecular weight excluding hydrogens is 304 g/mol. The summed E-state index contributed by atoms with van der Waals surface area (Å²) in [5, 5.41) is 27.1. The smallest absolute Gasteiger partial charge is 0.248 e. The third-order valence-corrected chi connectivity index (χ3v) is 6.62. The fourth-order valence-electron chi connectivity index (χ4n) is 2.95. The molecule has 1 aliphatic heterocycles. The molecule has 1 aromatic rings. The van der Waals surface area contributed by atoms with Crippen molar-refractivity contribution in [1.82, 2.24) is 5.06 Å². The first-order chi connectivity index (χ1) is 10.4. The third-order valence-electron chi connectivity index (χ3n) is 4.56. The summed E-state index contributed by atoms with van der Waals surface area (Å²) in [7, 11) is -1.30. The Hall–Kier alpha value is -1.43. The van der Waals surface area contributed by atoms with Crippen molar-refractivity contribution in [1.29, 1.82) is 0 Å². The van der Waals surface area contributed by atoms with Crippen LogP contribution in [0.25, 0.3) is 6.08 Å². The first-order valence-corrected chi connectivity index (χ1v) is 11.5. The van der Waals surface area contributed by atoms with Crippen LogP contribution in [-0.2, 0) is 5.21 Å². The van der Waals surface area contributed by atoms with Crippen LogP contribution in [0.15, 0.2) is 30.3 Å². The second kappa shape index (κ2) is 5.58. The van der Waals surface area contributed by atoms with Gasteiger partial charge in [0.25, 0.3) is 0 Å². The second-order valence-corrected chi connectivity index (χ2v) is 13.3. The molecule has 1 aliphatic rings. The molecule has 0 saturated heterocycles. The van der Waals surface area contributed by atoms with Crippen molar-refractivity contribution in [2.45, 2.75) is 58.5 Å². The first kappa shape index (κ1) is 17.9. The Kier molecular flexibility index (Phi) is 4.35. The van der Waals surface area contributed by atoms with Gasteiger partial charge in [-0.1, -0.05) is 54.2 Å². The summed E-state index contributed by atoms with van der Waals surface area (Å²) < 4.78 is 0.826. The zero-order chi connectivity index (χ0) is 17.6. The number of hydroxylamine groups is 3. The molecule has 0 unspecified atom stereocenters. The molecule has 0 aliphatic carbocycles. The molecule has 0 spiro atoms. The van der Waals surface area contributed by atoms with Crippen LogP contribution in [0.3, 0.4) is 0 Å². The highest BCUT2D eigenvalue weighted by atomic mass is 28.3. The molecular formula is C18H27N2O2Si. The average molecular weight is 332 g/mol. The van der Waals surface area contributed by atoms with Gasteiger partial charge < -0.3 is 5.21 Å². The van der Waals surface area contributed by atoms with Gasteiger partial charge in [0.1, 0.15) is 5.54 Å². The van der Waals surface area contributed by atoms with E-state index in [4.69, 9.17) is 0 Å². The van der Waals surface area contributed by atoms with Gasteiger partial charge in [-0.15, -0.1) is 5.21 Å². The van der Waals surface area contributed by atoms with Gasteiger partial charge in [0, 0.05) is 19.9 Å². The average Bonchev–Trinajstić information content (AvgIpc) is 2.55. The zero-order valence-corrected chi connectivity index (χ0v) is 16.2. The van der Waals surface area contributed by atoms with E-state index in [1.807, 2.05) is 6.08 Å². The number of hydrogen-bond donors (Lipinski definition) is 0. The summed E-state index contributed by atoms with van der Waals surface area (Å²) in [6, 6.07) is 8.47. The lowest BCUT2D eigenvalue weighted by Crippen LogP contribution is -2.50. The largest absolute Gasteiger partial charge is 0.622 e. The van der Waals surface area contributed by atoms with Crippen molar-refractivity contribution in [2.75, 3.05) is 0 Å². The minimum atomic E-state index is -1.30. The van der Waals surface area contributed by atoms with Gasteiger partial charge in [0.05, 0.1) is 8.07 Å². The Morgan fingerprint density at radius 1 is 1.04 bits per heavy atom. The summed E-state index contributed by atoms with van der Waals surface area (Å²) in [5.41, 5.74) is -0.386. The fraction of sp³-hybridized carbons (Fsp3) is 0.500. The highest BCUT2D eigenvalue weighted by molar-refractivity contribution is 6.88. The van der Waals surface area contributed by atoms with Crippen LogP contribution in [0.5, 0.6) is 0 Å². The highest BCUT2D eigenvalue weighted by Crippen LogP contribution is 2.33. The molecule has 1 aromatic carbocycles. The van der Waals surface area contributed by atoms with E-state index in [1.54, 1.807) is 33.8 Å². The van der Waals surface area contributed by atoms with Crippen LogP contribution in [-0.4, -0.2) is 34.8 Å². The van der Waals surface area contributed by atoms with E-state index in [9.17, 15) is 10.4 Å². The lowest BCUT2D eigenvalue weighted by Gasteiger charge is -2.27. The van der Waals surface area contributed by atoms with Crippen molar-refractivity contribution >= 4 is 25.0 Å². The standard InChI is InChI=1S/C18H27N2O2Si/c1-17(2)16(19(21)18(3,4)20(17)22)13-10-14-8-11-15(12-9-14)23(5,6)7/h8-13H,1-7H3/b13-10+. The van der Waals surface area contributed by atoms with Gasteiger partial charge >= 0.3 is 0 Å². The number of hydrogen-bond acceptors (Lipinski definition) is 2. The van der Waals surface area contributed by atoms with Gasteiger partial charge in [-0.2, -0.15) is 4.74 Å². The Balaban J connectivity index is 2.31. The fourth-order valence-corrected chi connectivity index (χ4v) is 4.12. The third kappa shape index (κ3) is 3.13. The molecule has 1 heterocycles. The Morgan fingerprint density at radius 2 is 1.57 bits per heavy atom. The summed E-state index contributed by atoms with van der Waals surface area (Å²) in [6.45, 7) is 13.8. The van der Waals surface area contributed by atoms with Gasteiger partial charge in [-0.25, -0.2) is 0 Å². The van der Waals surface area contributed by atoms with Crippen LogP contribution in [0.2, 0.25) is 19.6 Å². The van der Waals surface area contributed by atoms with Crippen LogP contribution in [0.1, 0.15) is 33.3 Å². The number of nitrogens with zero attached hydrogens (tertiary/aromatic N) is 2. The first-order valence-electron chi connectivity index (χ1n) is 7.99. The lowest BCUT2D eigenvalue weighted by molar-refractivity contribution is -0.586. The zero-order valence-electron chi connectivity index (χ0n) is 15.2. The second-order valence-electron chi connectivity index (χ2n) is 8.23. The molecule has 0 atom stereocenters. The van der Waals surface area contributed by atoms with E-state index in [1.165, 1.54) is 5.19 Å². The number of rotatable bonds is 3. The van der Waals surface area contributed by atoms with Gasteiger partial charge in [-0.05, 0) is 25.5 Å². The molecule has 0 amide bonds.